The van der Waals surface area contributed by atoms with E-state index in [-0.39, 0.29) is 0 Å². The van der Waals surface area contributed by atoms with E-state index in [4.69, 9.17) is 0 Å². The second-order valence-corrected chi connectivity index (χ2v) is 18.4. The Labute approximate surface area is 387 Å². The van der Waals surface area contributed by atoms with Crippen molar-refractivity contribution in [3.63, 3.8) is 0 Å². The molecule has 11 aromatic carbocycles. The molecule has 67 heavy (non-hydrogen) atoms. The van der Waals surface area contributed by atoms with E-state index in [1.54, 1.807) is 0 Å². The van der Waals surface area contributed by atoms with Gasteiger partial charge in [-0.1, -0.05) is 182 Å². The Morgan fingerprint density at radius 1 is 0.254 bits per heavy atom. The Bertz CT molecular complexity index is 4160. The van der Waals surface area contributed by atoms with Crippen LogP contribution in [0, 0.1) is 0 Å². The molecule has 2 aliphatic rings. The van der Waals surface area contributed by atoms with Gasteiger partial charge in [0.1, 0.15) is 0 Å². The van der Waals surface area contributed by atoms with E-state index in [9.17, 15) is 0 Å². The molecule has 0 amide bonds. The molecule has 0 unspecified atom stereocenters. The number of fused-ring (bicyclic) bond motifs is 18. The maximum atomic E-state index is 2.52. The highest BCUT2D eigenvalue weighted by Gasteiger charge is 2.52. The lowest BCUT2D eigenvalue weighted by atomic mass is 9.69. The lowest BCUT2D eigenvalue weighted by molar-refractivity contribution is 0.801. The summed E-state index contributed by atoms with van der Waals surface area (Å²) in [4.78, 5) is 0. The summed E-state index contributed by atoms with van der Waals surface area (Å²) in [5.41, 5.74) is 22.2. The second kappa shape index (κ2) is 13.7. The predicted octanol–water partition coefficient (Wildman–Crippen LogP) is 16.7. The monoisotopic (exact) mass is 848 g/mol. The number of aromatic nitrogens is 2. The molecule has 2 aromatic heterocycles. The summed E-state index contributed by atoms with van der Waals surface area (Å²) in [5, 5.41) is 7.59. The van der Waals surface area contributed by atoms with Gasteiger partial charge in [-0.25, -0.2) is 0 Å². The molecule has 0 bridgehead atoms. The minimum absolute atomic E-state index is 0.506. The molecule has 15 rings (SSSR count). The van der Waals surface area contributed by atoms with Crippen LogP contribution in [0.15, 0.2) is 243 Å². The molecule has 2 heterocycles. The first-order valence-electron chi connectivity index (χ1n) is 23.3. The summed E-state index contributed by atoms with van der Waals surface area (Å²) in [6.45, 7) is 0. The number of para-hydroxylation sites is 4. The van der Waals surface area contributed by atoms with Gasteiger partial charge in [0, 0.05) is 32.9 Å². The highest BCUT2D eigenvalue weighted by atomic mass is 15.0. The molecule has 0 radical (unpaired) electrons. The topological polar surface area (TPSA) is 9.86 Å². The number of benzene rings is 11. The molecule has 0 atom stereocenters. The van der Waals surface area contributed by atoms with Crippen LogP contribution >= 0.6 is 0 Å². The normalized spacial score (nSPS) is 13.2. The third-order valence-electron chi connectivity index (χ3n) is 15.1. The molecule has 310 valence electrons. The Morgan fingerprint density at radius 3 is 1.25 bits per heavy atom. The van der Waals surface area contributed by atoms with Crippen LogP contribution in [0.4, 0.5) is 0 Å². The van der Waals surface area contributed by atoms with E-state index in [0.717, 1.165) is 0 Å². The molecule has 1 spiro atoms. The average Bonchev–Trinajstić information content (AvgIpc) is 4.10. The van der Waals surface area contributed by atoms with E-state index in [1.807, 2.05) is 0 Å². The number of nitrogens with zero attached hydrogens (tertiary/aromatic N) is 2. The highest BCUT2D eigenvalue weighted by Crippen LogP contribution is 2.64. The quantitative estimate of drug-likeness (QED) is 0.167. The number of hydrogen-bond donors (Lipinski definition) is 0. The molecule has 0 fully saturated rings. The molecule has 0 saturated carbocycles. The lowest BCUT2D eigenvalue weighted by Gasteiger charge is -2.31. The van der Waals surface area contributed by atoms with Gasteiger partial charge < -0.3 is 9.13 Å². The van der Waals surface area contributed by atoms with Crippen LogP contribution in [0.1, 0.15) is 22.3 Å². The predicted molar refractivity (Wildman–Crippen MR) is 280 cm³/mol. The van der Waals surface area contributed by atoms with Crippen LogP contribution in [-0.2, 0) is 5.41 Å². The molecule has 2 aliphatic carbocycles. The highest BCUT2D eigenvalue weighted by molar-refractivity contribution is 6.12. The van der Waals surface area contributed by atoms with Gasteiger partial charge in [0.15, 0.2) is 0 Å². The molecule has 0 N–H and O–H groups in total. The molecular formula is C65H40N2. The van der Waals surface area contributed by atoms with Crippen LogP contribution in [0.2, 0.25) is 0 Å². The maximum Gasteiger partial charge on any atom is 0.0731 e. The summed E-state index contributed by atoms with van der Waals surface area (Å²) in [6, 6.07) is 90.7. The summed E-state index contributed by atoms with van der Waals surface area (Å²) in [5.74, 6) is 0. The first kappa shape index (κ1) is 36.6. The minimum atomic E-state index is -0.506. The van der Waals surface area contributed by atoms with E-state index < -0.39 is 5.41 Å². The van der Waals surface area contributed by atoms with Crippen LogP contribution in [0.25, 0.3) is 110 Å². The Hall–Kier alpha value is -8.72. The fraction of sp³-hybridized carbons (Fsp3) is 0.0154. The van der Waals surface area contributed by atoms with Crippen LogP contribution in [0.5, 0.6) is 0 Å². The lowest BCUT2D eigenvalue weighted by Crippen LogP contribution is -2.26. The number of hydrogen-bond acceptors (Lipinski definition) is 0. The molecular weight excluding hydrogens is 809 g/mol. The SMILES string of the molecule is c1ccc(-n2c3ccccc3c3ccc(-c4ccc5c(c4)C4(c6ccccc6-c6ccccc64)c4c-5ccc5cc(-c6ccc7c8ccccc8n(-c8ccccc8)c7c6)ccc45)cc32)cc1. The Morgan fingerprint density at radius 2 is 0.672 bits per heavy atom. The third kappa shape index (κ3) is 4.94. The third-order valence-corrected chi connectivity index (χ3v) is 15.1. The molecule has 13 aromatic rings. The van der Waals surface area contributed by atoms with Gasteiger partial charge in [-0.05, 0) is 138 Å². The minimum Gasteiger partial charge on any atom is -0.309 e. The molecule has 0 aliphatic heterocycles. The summed E-state index contributed by atoms with van der Waals surface area (Å²) in [7, 11) is 0. The van der Waals surface area contributed by atoms with E-state index in [2.05, 4.69) is 252 Å². The van der Waals surface area contributed by atoms with Crippen molar-refractivity contribution in [2.75, 3.05) is 0 Å². The Balaban J connectivity index is 0.943. The zero-order valence-electron chi connectivity index (χ0n) is 36.5. The van der Waals surface area contributed by atoms with Crippen molar-refractivity contribution in [2.45, 2.75) is 5.41 Å². The first-order chi connectivity index (χ1) is 33.2. The largest absolute Gasteiger partial charge is 0.309 e. The molecule has 0 saturated heterocycles. The van der Waals surface area contributed by atoms with Gasteiger partial charge >= 0.3 is 0 Å². The molecule has 2 heteroatoms. The molecule has 2 nitrogen and oxygen atoms in total. The average molecular weight is 849 g/mol. The van der Waals surface area contributed by atoms with E-state index in [1.165, 1.54) is 133 Å². The second-order valence-electron chi connectivity index (χ2n) is 18.4. The zero-order chi connectivity index (χ0) is 43.8. The van der Waals surface area contributed by atoms with E-state index >= 15 is 0 Å². The summed E-state index contributed by atoms with van der Waals surface area (Å²) < 4.78 is 4.83. The van der Waals surface area contributed by atoms with Gasteiger partial charge in [0.05, 0.1) is 27.5 Å². The standard InChI is InChI=1S/C65H40N2/c1-3-15-46(16-4-1)66-60-25-13-9-21-52(60)54-34-29-43(39-62(54)66)41-27-32-48-45(37-41)31-36-56-51-33-28-42(38-59(51)65(64(48)56)57-23-11-7-19-49(57)50-20-8-12-24-58(50)65)44-30-35-55-53-22-10-14-26-61(53)67(63(55)40-44)47-17-5-2-6-18-47/h1-40H. The van der Waals surface area contributed by atoms with Crippen molar-refractivity contribution in [1.29, 1.82) is 0 Å². The smallest absolute Gasteiger partial charge is 0.0731 e. The van der Waals surface area contributed by atoms with Gasteiger partial charge in [0.25, 0.3) is 0 Å². The fourth-order valence-corrected chi connectivity index (χ4v) is 12.3. The summed E-state index contributed by atoms with van der Waals surface area (Å²) in [6.07, 6.45) is 0. The number of rotatable bonds is 4. The van der Waals surface area contributed by atoms with Crippen molar-refractivity contribution in [2.24, 2.45) is 0 Å². The van der Waals surface area contributed by atoms with Crippen molar-refractivity contribution < 1.29 is 0 Å². The van der Waals surface area contributed by atoms with E-state index in [0.29, 0.717) is 0 Å². The first-order valence-corrected chi connectivity index (χ1v) is 23.3. The van der Waals surface area contributed by atoms with Crippen molar-refractivity contribution in [1.82, 2.24) is 9.13 Å². The van der Waals surface area contributed by atoms with Gasteiger partial charge in [0.2, 0.25) is 0 Å². The van der Waals surface area contributed by atoms with Crippen LogP contribution in [0.3, 0.4) is 0 Å². The van der Waals surface area contributed by atoms with Crippen molar-refractivity contribution in [3.05, 3.63) is 265 Å². The maximum absolute atomic E-state index is 2.52. The fourth-order valence-electron chi connectivity index (χ4n) is 12.3. The van der Waals surface area contributed by atoms with Crippen molar-refractivity contribution >= 4 is 54.4 Å². The summed E-state index contributed by atoms with van der Waals surface area (Å²) >= 11 is 0. The van der Waals surface area contributed by atoms with Gasteiger partial charge in [-0.2, -0.15) is 0 Å². The van der Waals surface area contributed by atoms with Crippen LogP contribution in [-0.4, -0.2) is 9.13 Å². The Kier molecular flexibility index (Phi) is 7.46. The van der Waals surface area contributed by atoms with Crippen molar-refractivity contribution in [3.8, 4) is 55.9 Å². The zero-order valence-corrected chi connectivity index (χ0v) is 36.5. The van der Waals surface area contributed by atoms with Crippen LogP contribution < -0.4 is 0 Å². The van der Waals surface area contributed by atoms with Gasteiger partial charge in [-0.15, -0.1) is 0 Å². The van der Waals surface area contributed by atoms with Gasteiger partial charge in [-0.3, -0.25) is 0 Å².